The maximum absolute atomic E-state index is 5.32. The molecule has 1 aromatic carbocycles. The number of benzene rings is 1. The number of methoxy groups -OCH3 is 2. The third-order valence-corrected chi connectivity index (χ3v) is 3.58. The van der Waals surface area contributed by atoms with Crippen molar-refractivity contribution >= 4 is 22.6 Å². The Bertz CT molecular complexity index is 435. The van der Waals surface area contributed by atoms with E-state index in [0.29, 0.717) is 6.04 Å². The second-order valence-electron chi connectivity index (χ2n) is 3.79. The van der Waals surface area contributed by atoms with E-state index in [1.54, 1.807) is 26.0 Å². The summed E-state index contributed by atoms with van der Waals surface area (Å²) in [7, 11) is 3.28. The van der Waals surface area contributed by atoms with Crippen LogP contribution in [0.4, 0.5) is 5.69 Å². The summed E-state index contributed by atoms with van der Waals surface area (Å²) in [5.41, 5.74) is 0.911. The summed E-state index contributed by atoms with van der Waals surface area (Å²) < 4.78 is 10.5. The van der Waals surface area contributed by atoms with Crippen LogP contribution in [-0.2, 0) is 0 Å². The molecule has 0 saturated heterocycles. The Labute approximate surface area is 105 Å². The van der Waals surface area contributed by atoms with Crippen LogP contribution < -0.4 is 14.8 Å². The minimum absolute atomic E-state index is 0.381. The van der Waals surface area contributed by atoms with Gasteiger partial charge in [0, 0.05) is 11.8 Å². The van der Waals surface area contributed by atoms with Crippen LogP contribution in [0.5, 0.6) is 11.5 Å². The third-order valence-electron chi connectivity index (χ3n) is 2.45. The Morgan fingerprint density at radius 3 is 2.76 bits per heavy atom. The van der Waals surface area contributed by atoms with Crippen LogP contribution in [-0.4, -0.2) is 31.2 Å². The van der Waals surface area contributed by atoms with Gasteiger partial charge in [-0.3, -0.25) is 4.99 Å². The van der Waals surface area contributed by atoms with E-state index in [1.807, 2.05) is 18.2 Å². The van der Waals surface area contributed by atoms with Crippen molar-refractivity contribution in [2.45, 2.75) is 13.0 Å². The van der Waals surface area contributed by atoms with E-state index in [-0.39, 0.29) is 0 Å². The SMILES string of the molecule is COc1ccc(NC2=NC(C)CS2)c(OC)c1. The molecule has 92 valence electrons. The number of anilines is 1. The van der Waals surface area contributed by atoms with E-state index in [0.717, 1.165) is 28.1 Å². The van der Waals surface area contributed by atoms with Crippen molar-refractivity contribution in [3.63, 3.8) is 0 Å². The fourth-order valence-corrected chi connectivity index (χ4v) is 2.47. The first-order valence-electron chi connectivity index (χ1n) is 5.42. The Balaban J connectivity index is 2.18. The molecule has 1 aromatic rings. The molecule has 1 atom stereocenters. The van der Waals surface area contributed by atoms with Crippen molar-refractivity contribution in [1.82, 2.24) is 0 Å². The second kappa shape index (κ2) is 5.31. The van der Waals surface area contributed by atoms with Gasteiger partial charge in [-0.25, -0.2) is 0 Å². The maximum Gasteiger partial charge on any atom is 0.161 e. The highest BCUT2D eigenvalue weighted by Crippen LogP contribution is 2.30. The third kappa shape index (κ3) is 2.85. The van der Waals surface area contributed by atoms with Gasteiger partial charge >= 0.3 is 0 Å². The molecule has 1 unspecified atom stereocenters. The molecular formula is C12H16N2O2S. The minimum atomic E-state index is 0.381. The van der Waals surface area contributed by atoms with Crippen molar-refractivity contribution in [3.8, 4) is 11.5 Å². The summed E-state index contributed by atoms with van der Waals surface area (Å²) in [5, 5.41) is 4.22. The topological polar surface area (TPSA) is 42.8 Å². The first-order valence-corrected chi connectivity index (χ1v) is 6.41. The van der Waals surface area contributed by atoms with Gasteiger partial charge in [0.15, 0.2) is 5.17 Å². The van der Waals surface area contributed by atoms with Crippen LogP contribution in [0, 0.1) is 0 Å². The Morgan fingerprint density at radius 1 is 1.35 bits per heavy atom. The van der Waals surface area contributed by atoms with Crippen molar-refractivity contribution < 1.29 is 9.47 Å². The first-order chi connectivity index (χ1) is 8.22. The zero-order valence-electron chi connectivity index (χ0n) is 10.2. The number of hydrogen-bond acceptors (Lipinski definition) is 5. The predicted molar refractivity (Wildman–Crippen MR) is 72.5 cm³/mol. The molecule has 1 aliphatic heterocycles. The number of thioether (sulfide) groups is 1. The fraction of sp³-hybridized carbons (Fsp3) is 0.417. The van der Waals surface area contributed by atoms with Crippen molar-refractivity contribution in [3.05, 3.63) is 18.2 Å². The number of amidine groups is 1. The lowest BCUT2D eigenvalue weighted by molar-refractivity contribution is 0.395. The summed E-state index contributed by atoms with van der Waals surface area (Å²) >= 11 is 1.73. The molecule has 0 aliphatic carbocycles. The molecule has 4 nitrogen and oxygen atoms in total. The van der Waals surface area contributed by atoms with Crippen molar-refractivity contribution in [2.75, 3.05) is 25.3 Å². The smallest absolute Gasteiger partial charge is 0.161 e. The van der Waals surface area contributed by atoms with Gasteiger partial charge in [-0.15, -0.1) is 0 Å². The lowest BCUT2D eigenvalue weighted by Gasteiger charge is -2.11. The first kappa shape index (κ1) is 12.1. The summed E-state index contributed by atoms with van der Waals surface area (Å²) in [5.74, 6) is 2.56. The van der Waals surface area contributed by atoms with Gasteiger partial charge in [0.2, 0.25) is 0 Å². The zero-order chi connectivity index (χ0) is 12.3. The van der Waals surface area contributed by atoms with Gasteiger partial charge in [-0.1, -0.05) is 11.8 Å². The van der Waals surface area contributed by atoms with Gasteiger partial charge < -0.3 is 14.8 Å². The van der Waals surface area contributed by atoms with Gasteiger partial charge in [0.1, 0.15) is 11.5 Å². The van der Waals surface area contributed by atoms with E-state index in [2.05, 4.69) is 17.2 Å². The lowest BCUT2D eigenvalue weighted by Crippen LogP contribution is -2.06. The lowest BCUT2D eigenvalue weighted by atomic mass is 10.3. The van der Waals surface area contributed by atoms with E-state index < -0.39 is 0 Å². The molecule has 5 heteroatoms. The van der Waals surface area contributed by atoms with Gasteiger partial charge in [0.25, 0.3) is 0 Å². The molecule has 0 amide bonds. The van der Waals surface area contributed by atoms with Crippen LogP contribution in [0.15, 0.2) is 23.2 Å². The molecule has 17 heavy (non-hydrogen) atoms. The quantitative estimate of drug-likeness (QED) is 0.898. The van der Waals surface area contributed by atoms with Crippen LogP contribution in [0.1, 0.15) is 6.92 Å². The predicted octanol–water partition coefficient (Wildman–Crippen LogP) is 2.61. The maximum atomic E-state index is 5.32. The average molecular weight is 252 g/mol. The monoisotopic (exact) mass is 252 g/mol. The van der Waals surface area contributed by atoms with Gasteiger partial charge in [-0.05, 0) is 19.1 Å². The highest BCUT2D eigenvalue weighted by atomic mass is 32.2. The number of ether oxygens (including phenoxy) is 2. The molecular weight excluding hydrogens is 236 g/mol. The zero-order valence-corrected chi connectivity index (χ0v) is 11.0. The summed E-state index contributed by atoms with van der Waals surface area (Å²) in [6.45, 7) is 2.10. The number of rotatable bonds is 3. The Kier molecular flexibility index (Phi) is 3.78. The Morgan fingerprint density at radius 2 is 2.18 bits per heavy atom. The molecule has 2 rings (SSSR count). The molecule has 0 spiro atoms. The highest BCUT2D eigenvalue weighted by Gasteiger charge is 2.15. The molecule has 0 radical (unpaired) electrons. The van der Waals surface area contributed by atoms with Gasteiger partial charge in [-0.2, -0.15) is 0 Å². The van der Waals surface area contributed by atoms with Crippen molar-refractivity contribution in [2.24, 2.45) is 4.99 Å². The van der Waals surface area contributed by atoms with E-state index in [1.165, 1.54) is 0 Å². The normalized spacial score (nSPS) is 18.8. The molecule has 0 fully saturated rings. The molecule has 0 bridgehead atoms. The number of nitrogens with one attached hydrogen (secondary N) is 1. The van der Waals surface area contributed by atoms with Crippen LogP contribution in [0.3, 0.4) is 0 Å². The number of nitrogens with zero attached hydrogens (tertiary/aromatic N) is 1. The fourth-order valence-electron chi connectivity index (χ4n) is 1.56. The summed E-state index contributed by atoms with van der Waals surface area (Å²) in [6.07, 6.45) is 0. The minimum Gasteiger partial charge on any atom is -0.497 e. The van der Waals surface area contributed by atoms with E-state index in [4.69, 9.17) is 9.47 Å². The Hall–Kier alpha value is -1.36. The van der Waals surface area contributed by atoms with E-state index >= 15 is 0 Å². The van der Waals surface area contributed by atoms with Crippen molar-refractivity contribution in [1.29, 1.82) is 0 Å². The average Bonchev–Trinajstić information content (AvgIpc) is 2.75. The van der Waals surface area contributed by atoms with Crippen LogP contribution in [0.25, 0.3) is 0 Å². The molecule has 1 N–H and O–H groups in total. The van der Waals surface area contributed by atoms with Gasteiger partial charge in [0.05, 0.1) is 25.9 Å². The summed E-state index contributed by atoms with van der Waals surface area (Å²) in [6, 6.07) is 6.07. The van der Waals surface area contributed by atoms with Crippen LogP contribution in [0.2, 0.25) is 0 Å². The molecule has 0 aromatic heterocycles. The van der Waals surface area contributed by atoms with Crippen LogP contribution >= 0.6 is 11.8 Å². The largest absolute Gasteiger partial charge is 0.497 e. The second-order valence-corrected chi connectivity index (χ2v) is 4.79. The van der Waals surface area contributed by atoms with E-state index in [9.17, 15) is 0 Å². The highest BCUT2D eigenvalue weighted by molar-refractivity contribution is 8.14. The number of aliphatic imine (C=N–C) groups is 1. The molecule has 1 aliphatic rings. The summed E-state index contributed by atoms with van der Waals surface area (Å²) in [4.78, 5) is 4.48. The molecule has 0 saturated carbocycles. The number of hydrogen-bond donors (Lipinski definition) is 1. The molecule has 1 heterocycles. The standard InChI is InChI=1S/C12H16N2O2S/c1-8-7-17-12(13-8)14-10-5-4-9(15-2)6-11(10)16-3/h4-6,8H,7H2,1-3H3,(H,13,14).